The molecule has 0 unspecified atom stereocenters. The molecule has 0 aliphatic carbocycles. The average molecular weight is 219 g/mol. The summed E-state index contributed by atoms with van der Waals surface area (Å²) in [4.78, 5) is 0. The highest BCUT2D eigenvalue weighted by Crippen LogP contribution is 2.22. The molecule has 0 aliphatic rings. The summed E-state index contributed by atoms with van der Waals surface area (Å²) in [5.41, 5.74) is 4.71. The second-order valence-electron chi connectivity index (χ2n) is 4.04. The first kappa shape index (κ1) is 14.9. The Hall–Kier alpha value is -1.08. The van der Waals surface area contributed by atoms with E-state index >= 15 is 0 Å². The van der Waals surface area contributed by atoms with Crippen molar-refractivity contribution < 1.29 is 0 Å². The van der Waals surface area contributed by atoms with E-state index in [0.717, 1.165) is 17.7 Å². The van der Waals surface area contributed by atoms with Gasteiger partial charge in [0, 0.05) is 0 Å². The standard InChI is InChI=1S/C15H25N/c1-8-13(11(4)5)15(16-10-3)14(9-2)12(6)7/h8-9,15-16H,4,6,10H2,1-3,5,7H3/b13-8+,14-9+. The molecule has 0 spiro atoms. The Balaban J connectivity index is 5.29. The number of likely N-dealkylation sites (N-methyl/N-ethyl adjacent to an activating group) is 1. The third kappa shape index (κ3) is 3.82. The topological polar surface area (TPSA) is 12.0 Å². The maximum absolute atomic E-state index is 4.04. The van der Waals surface area contributed by atoms with Crippen LogP contribution in [-0.2, 0) is 0 Å². The number of hydrogen-bond donors (Lipinski definition) is 1. The van der Waals surface area contributed by atoms with Crippen LogP contribution in [0.1, 0.15) is 34.6 Å². The Labute approximate surface area is 101 Å². The summed E-state index contributed by atoms with van der Waals surface area (Å²) in [6.07, 6.45) is 4.25. The van der Waals surface area contributed by atoms with Gasteiger partial charge in [0.25, 0.3) is 0 Å². The maximum Gasteiger partial charge on any atom is 0.0574 e. The number of allylic oxidation sites excluding steroid dienone is 2. The third-order valence-electron chi connectivity index (χ3n) is 2.64. The van der Waals surface area contributed by atoms with E-state index in [4.69, 9.17) is 0 Å². The molecule has 0 amide bonds. The molecular weight excluding hydrogens is 194 g/mol. The zero-order chi connectivity index (χ0) is 12.7. The van der Waals surface area contributed by atoms with Crippen molar-refractivity contribution in [3.8, 4) is 0 Å². The van der Waals surface area contributed by atoms with Gasteiger partial charge in [-0.15, -0.1) is 0 Å². The minimum atomic E-state index is 0.218. The highest BCUT2D eigenvalue weighted by Gasteiger charge is 2.17. The Bertz CT molecular complexity index is 288. The Kier molecular flexibility index (Phi) is 6.75. The normalized spacial score (nSPS) is 14.8. The fourth-order valence-electron chi connectivity index (χ4n) is 1.91. The van der Waals surface area contributed by atoms with Crippen molar-refractivity contribution in [2.24, 2.45) is 0 Å². The predicted molar refractivity (Wildman–Crippen MR) is 74.6 cm³/mol. The van der Waals surface area contributed by atoms with Crippen molar-refractivity contribution >= 4 is 0 Å². The first-order chi connectivity index (χ1) is 7.49. The van der Waals surface area contributed by atoms with Gasteiger partial charge in [-0.1, -0.05) is 43.4 Å². The van der Waals surface area contributed by atoms with Crippen LogP contribution in [0.3, 0.4) is 0 Å². The van der Waals surface area contributed by atoms with Crippen LogP contribution in [-0.4, -0.2) is 12.6 Å². The minimum Gasteiger partial charge on any atom is -0.307 e. The van der Waals surface area contributed by atoms with Gasteiger partial charge >= 0.3 is 0 Å². The summed E-state index contributed by atoms with van der Waals surface area (Å²) >= 11 is 0. The fourth-order valence-corrected chi connectivity index (χ4v) is 1.91. The van der Waals surface area contributed by atoms with Gasteiger partial charge in [0.15, 0.2) is 0 Å². The lowest BCUT2D eigenvalue weighted by Crippen LogP contribution is -2.33. The van der Waals surface area contributed by atoms with Crippen molar-refractivity contribution in [2.45, 2.75) is 40.7 Å². The van der Waals surface area contributed by atoms with Crippen molar-refractivity contribution in [1.29, 1.82) is 0 Å². The fraction of sp³-hybridized carbons (Fsp3) is 0.467. The Morgan fingerprint density at radius 3 is 1.62 bits per heavy atom. The van der Waals surface area contributed by atoms with Crippen molar-refractivity contribution in [3.05, 3.63) is 47.6 Å². The van der Waals surface area contributed by atoms with E-state index in [2.05, 4.69) is 51.4 Å². The summed E-state index contributed by atoms with van der Waals surface area (Å²) in [7, 11) is 0. The van der Waals surface area contributed by atoms with E-state index in [1.165, 1.54) is 11.1 Å². The SMILES string of the molecule is C=C(C)/C(=C\C)C(NCC)/C(=C/C)C(=C)C. The highest BCUT2D eigenvalue weighted by atomic mass is 14.9. The van der Waals surface area contributed by atoms with E-state index in [9.17, 15) is 0 Å². The number of hydrogen-bond acceptors (Lipinski definition) is 1. The third-order valence-corrected chi connectivity index (χ3v) is 2.64. The zero-order valence-corrected chi connectivity index (χ0v) is 11.4. The largest absolute Gasteiger partial charge is 0.307 e. The van der Waals surface area contributed by atoms with Crippen LogP contribution < -0.4 is 5.32 Å². The molecule has 0 fully saturated rings. The predicted octanol–water partition coefficient (Wildman–Crippen LogP) is 4.01. The van der Waals surface area contributed by atoms with Gasteiger partial charge in [0.1, 0.15) is 0 Å². The summed E-state index contributed by atoms with van der Waals surface area (Å²) in [6, 6.07) is 0.218. The van der Waals surface area contributed by atoms with Gasteiger partial charge < -0.3 is 5.32 Å². The van der Waals surface area contributed by atoms with E-state index in [1.54, 1.807) is 0 Å². The second kappa shape index (κ2) is 7.24. The van der Waals surface area contributed by atoms with E-state index < -0.39 is 0 Å². The molecule has 0 aromatic heterocycles. The Morgan fingerprint density at radius 2 is 1.44 bits per heavy atom. The lowest BCUT2D eigenvalue weighted by Gasteiger charge is -2.25. The molecule has 0 rings (SSSR count). The van der Waals surface area contributed by atoms with Crippen molar-refractivity contribution in [1.82, 2.24) is 5.32 Å². The maximum atomic E-state index is 4.04. The quantitative estimate of drug-likeness (QED) is 0.666. The van der Waals surface area contributed by atoms with Gasteiger partial charge in [-0.25, -0.2) is 0 Å². The minimum absolute atomic E-state index is 0.218. The molecule has 0 heterocycles. The molecule has 16 heavy (non-hydrogen) atoms. The van der Waals surface area contributed by atoms with Crippen molar-refractivity contribution in [2.75, 3.05) is 6.54 Å². The number of nitrogens with one attached hydrogen (secondary N) is 1. The smallest absolute Gasteiger partial charge is 0.0574 e. The summed E-state index contributed by atoms with van der Waals surface area (Å²) < 4.78 is 0. The molecule has 0 saturated heterocycles. The van der Waals surface area contributed by atoms with Gasteiger partial charge in [-0.05, 0) is 45.4 Å². The van der Waals surface area contributed by atoms with Gasteiger partial charge in [0.05, 0.1) is 6.04 Å². The van der Waals surface area contributed by atoms with E-state index in [0.29, 0.717) is 0 Å². The summed E-state index contributed by atoms with van der Waals surface area (Å²) in [5.74, 6) is 0. The Morgan fingerprint density at radius 1 is 1.06 bits per heavy atom. The highest BCUT2D eigenvalue weighted by molar-refractivity contribution is 5.44. The first-order valence-corrected chi connectivity index (χ1v) is 5.87. The first-order valence-electron chi connectivity index (χ1n) is 5.87. The van der Waals surface area contributed by atoms with Crippen LogP contribution in [0.2, 0.25) is 0 Å². The zero-order valence-electron chi connectivity index (χ0n) is 11.4. The molecule has 1 heteroatoms. The molecule has 0 atom stereocenters. The van der Waals surface area contributed by atoms with Crippen LogP contribution >= 0.6 is 0 Å². The lowest BCUT2D eigenvalue weighted by atomic mass is 9.90. The van der Waals surface area contributed by atoms with Gasteiger partial charge in [-0.3, -0.25) is 0 Å². The molecule has 0 saturated carbocycles. The van der Waals surface area contributed by atoms with Crippen molar-refractivity contribution in [3.63, 3.8) is 0 Å². The molecule has 0 aliphatic heterocycles. The monoisotopic (exact) mass is 219 g/mol. The van der Waals surface area contributed by atoms with E-state index in [1.807, 2.05) is 13.8 Å². The van der Waals surface area contributed by atoms with E-state index in [-0.39, 0.29) is 6.04 Å². The molecule has 0 aromatic carbocycles. The van der Waals surface area contributed by atoms with Crippen LogP contribution in [0.15, 0.2) is 47.6 Å². The average Bonchev–Trinajstić information content (AvgIpc) is 2.18. The number of rotatable bonds is 6. The molecule has 1 nitrogen and oxygen atoms in total. The van der Waals surface area contributed by atoms with Crippen LogP contribution in [0.4, 0.5) is 0 Å². The van der Waals surface area contributed by atoms with Gasteiger partial charge in [-0.2, -0.15) is 0 Å². The molecule has 0 radical (unpaired) electrons. The van der Waals surface area contributed by atoms with Crippen LogP contribution in [0.5, 0.6) is 0 Å². The van der Waals surface area contributed by atoms with Crippen LogP contribution in [0, 0.1) is 0 Å². The summed E-state index contributed by atoms with van der Waals surface area (Å²) in [6.45, 7) is 19.3. The molecule has 0 bridgehead atoms. The molecule has 0 aromatic rings. The molecule has 90 valence electrons. The van der Waals surface area contributed by atoms with Crippen LogP contribution in [0.25, 0.3) is 0 Å². The lowest BCUT2D eigenvalue weighted by molar-refractivity contribution is 0.660. The molecule has 1 N–H and O–H groups in total. The van der Waals surface area contributed by atoms with Gasteiger partial charge in [0.2, 0.25) is 0 Å². The summed E-state index contributed by atoms with van der Waals surface area (Å²) in [5, 5.41) is 3.49. The second-order valence-corrected chi connectivity index (χ2v) is 4.04. The molecular formula is C15H25N.